The zero-order chi connectivity index (χ0) is 17.0. The lowest BCUT2D eigenvalue weighted by Crippen LogP contribution is -2.35. The number of benzene rings is 1. The molecule has 1 amide bonds. The molecule has 0 unspecified atom stereocenters. The highest BCUT2D eigenvalue weighted by Gasteiger charge is 2.26. The van der Waals surface area contributed by atoms with E-state index >= 15 is 0 Å². The van der Waals surface area contributed by atoms with E-state index in [1.807, 2.05) is 0 Å². The van der Waals surface area contributed by atoms with Gasteiger partial charge in [0.1, 0.15) is 0 Å². The second-order valence-electron chi connectivity index (χ2n) is 5.68. The highest BCUT2D eigenvalue weighted by Crippen LogP contribution is 2.21. The molecule has 6 nitrogen and oxygen atoms in total. The molecule has 24 heavy (non-hydrogen) atoms. The summed E-state index contributed by atoms with van der Waals surface area (Å²) >= 11 is 0. The van der Waals surface area contributed by atoms with Gasteiger partial charge in [0.2, 0.25) is 10.0 Å². The van der Waals surface area contributed by atoms with Crippen molar-refractivity contribution < 1.29 is 13.2 Å². The normalized spacial score (nSPS) is 15.8. The third-order valence-electron chi connectivity index (χ3n) is 3.99. The van der Waals surface area contributed by atoms with Crippen molar-refractivity contribution in [2.24, 2.45) is 0 Å². The number of anilines is 1. The molecule has 2 aromatic rings. The Hall–Kier alpha value is -2.25. The zero-order valence-corrected chi connectivity index (χ0v) is 14.0. The summed E-state index contributed by atoms with van der Waals surface area (Å²) in [5.41, 5.74) is 0.921. The van der Waals surface area contributed by atoms with Crippen LogP contribution in [0.2, 0.25) is 0 Å². The van der Waals surface area contributed by atoms with E-state index in [0.29, 0.717) is 24.3 Å². The molecular formula is C17H19N3O3S. The van der Waals surface area contributed by atoms with Gasteiger partial charge in [-0.15, -0.1) is 0 Å². The number of aromatic nitrogens is 1. The van der Waals surface area contributed by atoms with Crippen molar-refractivity contribution in [3.8, 4) is 0 Å². The Labute approximate surface area is 141 Å². The molecule has 0 radical (unpaired) electrons. The van der Waals surface area contributed by atoms with Crippen LogP contribution < -0.4 is 5.32 Å². The summed E-state index contributed by atoms with van der Waals surface area (Å²) in [5, 5.41) is 2.73. The predicted molar refractivity (Wildman–Crippen MR) is 91.2 cm³/mol. The number of hydrogen-bond donors (Lipinski definition) is 1. The molecule has 3 rings (SSSR count). The SMILES string of the molecule is O=C(Nc1ccncc1)c1cccc(S(=O)(=O)N2CCCCC2)c1. The van der Waals surface area contributed by atoms with Crippen LogP contribution in [-0.2, 0) is 10.0 Å². The number of amides is 1. The average molecular weight is 345 g/mol. The third kappa shape index (κ3) is 3.63. The number of rotatable bonds is 4. The van der Waals surface area contributed by atoms with E-state index in [0.717, 1.165) is 19.3 Å². The Morgan fingerprint density at radius 2 is 1.75 bits per heavy atom. The van der Waals surface area contributed by atoms with Crippen LogP contribution in [0, 0.1) is 0 Å². The summed E-state index contributed by atoms with van der Waals surface area (Å²) in [7, 11) is -3.55. The quantitative estimate of drug-likeness (QED) is 0.923. The Morgan fingerprint density at radius 1 is 1.04 bits per heavy atom. The molecule has 0 spiro atoms. The fourth-order valence-corrected chi connectivity index (χ4v) is 4.25. The fraction of sp³-hybridized carbons (Fsp3) is 0.294. The van der Waals surface area contributed by atoms with E-state index in [4.69, 9.17) is 0 Å². The molecule has 1 aromatic carbocycles. The third-order valence-corrected chi connectivity index (χ3v) is 5.88. The van der Waals surface area contributed by atoms with Gasteiger partial charge < -0.3 is 5.32 Å². The number of hydrogen-bond acceptors (Lipinski definition) is 4. The van der Waals surface area contributed by atoms with Crippen LogP contribution in [0.3, 0.4) is 0 Å². The summed E-state index contributed by atoms with van der Waals surface area (Å²) in [5.74, 6) is -0.350. The second-order valence-corrected chi connectivity index (χ2v) is 7.62. The first-order chi connectivity index (χ1) is 11.6. The van der Waals surface area contributed by atoms with Crippen molar-refractivity contribution in [3.05, 3.63) is 54.4 Å². The van der Waals surface area contributed by atoms with E-state index < -0.39 is 10.0 Å². The van der Waals surface area contributed by atoms with Gasteiger partial charge in [0.25, 0.3) is 5.91 Å². The first-order valence-electron chi connectivity index (χ1n) is 7.89. The van der Waals surface area contributed by atoms with Crippen LogP contribution in [0.5, 0.6) is 0 Å². The topological polar surface area (TPSA) is 79.4 Å². The van der Waals surface area contributed by atoms with Gasteiger partial charge in [-0.3, -0.25) is 9.78 Å². The van der Waals surface area contributed by atoms with Gasteiger partial charge in [-0.05, 0) is 43.2 Å². The van der Waals surface area contributed by atoms with Crippen LogP contribution in [0.4, 0.5) is 5.69 Å². The molecule has 1 aliphatic heterocycles. The van der Waals surface area contributed by atoms with E-state index in [1.165, 1.54) is 16.4 Å². The average Bonchev–Trinajstić information content (AvgIpc) is 2.63. The Balaban J connectivity index is 1.82. The van der Waals surface area contributed by atoms with Crippen molar-refractivity contribution in [2.75, 3.05) is 18.4 Å². The summed E-state index contributed by atoms with van der Waals surface area (Å²) in [6.07, 6.45) is 5.96. The molecule has 0 bridgehead atoms. The Kier molecular flexibility index (Phi) is 4.92. The molecule has 1 saturated heterocycles. The molecule has 1 aliphatic rings. The first-order valence-corrected chi connectivity index (χ1v) is 9.33. The molecule has 2 heterocycles. The van der Waals surface area contributed by atoms with Crippen molar-refractivity contribution in [1.82, 2.24) is 9.29 Å². The van der Waals surface area contributed by atoms with Gasteiger partial charge in [-0.25, -0.2) is 8.42 Å². The van der Waals surface area contributed by atoms with Crippen molar-refractivity contribution in [3.63, 3.8) is 0 Å². The number of carbonyl (C=O) groups is 1. The van der Waals surface area contributed by atoms with E-state index in [2.05, 4.69) is 10.3 Å². The summed E-state index contributed by atoms with van der Waals surface area (Å²) in [4.78, 5) is 16.4. The van der Waals surface area contributed by atoms with E-state index in [9.17, 15) is 13.2 Å². The fourth-order valence-electron chi connectivity index (χ4n) is 2.69. The Morgan fingerprint density at radius 3 is 2.46 bits per heavy atom. The number of piperidine rings is 1. The van der Waals surface area contributed by atoms with Crippen LogP contribution in [0.25, 0.3) is 0 Å². The van der Waals surface area contributed by atoms with Gasteiger partial charge in [0.05, 0.1) is 4.90 Å². The zero-order valence-electron chi connectivity index (χ0n) is 13.2. The van der Waals surface area contributed by atoms with Gasteiger partial charge in [-0.1, -0.05) is 12.5 Å². The minimum absolute atomic E-state index is 0.159. The lowest BCUT2D eigenvalue weighted by atomic mass is 10.2. The maximum absolute atomic E-state index is 12.7. The minimum Gasteiger partial charge on any atom is -0.322 e. The van der Waals surface area contributed by atoms with Crippen LogP contribution >= 0.6 is 0 Å². The molecule has 1 N–H and O–H groups in total. The Bertz CT molecular complexity index is 816. The molecular weight excluding hydrogens is 326 g/mol. The summed E-state index contributed by atoms with van der Waals surface area (Å²) in [6, 6.07) is 9.51. The number of sulfonamides is 1. The van der Waals surface area contributed by atoms with Crippen molar-refractivity contribution in [2.45, 2.75) is 24.2 Å². The smallest absolute Gasteiger partial charge is 0.255 e. The maximum atomic E-state index is 12.7. The molecule has 0 aliphatic carbocycles. The number of nitrogens with one attached hydrogen (secondary N) is 1. The van der Waals surface area contributed by atoms with Crippen molar-refractivity contribution in [1.29, 1.82) is 0 Å². The minimum atomic E-state index is -3.55. The molecule has 0 saturated carbocycles. The molecule has 1 aromatic heterocycles. The summed E-state index contributed by atoms with van der Waals surface area (Å²) < 4.78 is 26.9. The molecule has 7 heteroatoms. The number of nitrogens with zero attached hydrogens (tertiary/aromatic N) is 2. The van der Waals surface area contributed by atoms with E-state index in [1.54, 1.807) is 36.7 Å². The van der Waals surface area contributed by atoms with Gasteiger partial charge in [0.15, 0.2) is 0 Å². The molecule has 1 fully saturated rings. The molecule has 126 valence electrons. The first kappa shape index (κ1) is 16.6. The molecule has 0 atom stereocenters. The largest absolute Gasteiger partial charge is 0.322 e. The van der Waals surface area contributed by atoms with Crippen LogP contribution in [0.15, 0.2) is 53.7 Å². The van der Waals surface area contributed by atoms with Gasteiger partial charge in [0, 0.05) is 36.7 Å². The second kappa shape index (κ2) is 7.11. The van der Waals surface area contributed by atoms with Crippen molar-refractivity contribution >= 4 is 21.6 Å². The van der Waals surface area contributed by atoms with Crippen LogP contribution in [0.1, 0.15) is 29.6 Å². The van der Waals surface area contributed by atoms with Gasteiger partial charge >= 0.3 is 0 Å². The lowest BCUT2D eigenvalue weighted by Gasteiger charge is -2.26. The number of pyridine rings is 1. The highest BCUT2D eigenvalue weighted by molar-refractivity contribution is 7.89. The highest BCUT2D eigenvalue weighted by atomic mass is 32.2. The van der Waals surface area contributed by atoms with E-state index in [-0.39, 0.29) is 10.8 Å². The monoisotopic (exact) mass is 345 g/mol. The van der Waals surface area contributed by atoms with Crippen LogP contribution in [-0.4, -0.2) is 36.7 Å². The maximum Gasteiger partial charge on any atom is 0.255 e. The lowest BCUT2D eigenvalue weighted by molar-refractivity contribution is 0.102. The standard InChI is InChI=1S/C17H19N3O3S/c21-17(19-15-7-9-18-10-8-15)14-5-4-6-16(13-14)24(22,23)20-11-2-1-3-12-20/h4-10,13H,1-3,11-12H2,(H,18,19,21). The summed E-state index contributed by atoms with van der Waals surface area (Å²) in [6.45, 7) is 1.07. The van der Waals surface area contributed by atoms with Gasteiger partial charge in [-0.2, -0.15) is 4.31 Å². The predicted octanol–water partition coefficient (Wildman–Crippen LogP) is 2.51. The number of carbonyl (C=O) groups excluding carboxylic acids is 1.